The second-order valence-electron chi connectivity index (χ2n) is 7.96. The second-order valence-corrected chi connectivity index (χ2v) is 7.96. The van der Waals surface area contributed by atoms with Gasteiger partial charge in [-0.25, -0.2) is 0 Å². The van der Waals surface area contributed by atoms with Crippen LogP contribution in [0.25, 0.3) is 0 Å². The fourth-order valence-corrected chi connectivity index (χ4v) is 4.41. The quantitative estimate of drug-likeness (QED) is 0.777. The molecule has 4 rings (SSSR count). The number of pyridine rings is 1. The van der Waals surface area contributed by atoms with Crippen LogP contribution < -0.4 is 0 Å². The Bertz CT molecular complexity index is 728. The fourth-order valence-electron chi connectivity index (χ4n) is 4.41. The summed E-state index contributed by atoms with van der Waals surface area (Å²) in [5.41, 5.74) is 2.31. The van der Waals surface area contributed by atoms with Crippen LogP contribution in [0.4, 0.5) is 0 Å². The molecule has 2 aliphatic heterocycles. The minimum absolute atomic E-state index is 0.222. The first-order chi connectivity index (χ1) is 13.7. The highest BCUT2D eigenvalue weighted by Crippen LogP contribution is 2.32. The van der Waals surface area contributed by atoms with Crippen molar-refractivity contribution in [3.05, 3.63) is 66.0 Å². The maximum Gasteiger partial charge on any atom is 0.222 e. The molecular weight excluding hydrogens is 350 g/mol. The Hall–Kier alpha value is -2.69. The van der Waals surface area contributed by atoms with Gasteiger partial charge in [-0.05, 0) is 30.0 Å². The monoisotopic (exact) mass is 377 g/mol. The summed E-state index contributed by atoms with van der Waals surface area (Å²) in [4.78, 5) is 33.2. The fraction of sp³-hybridized carbons (Fsp3) is 0.435. The summed E-state index contributed by atoms with van der Waals surface area (Å²) < 4.78 is 0. The van der Waals surface area contributed by atoms with E-state index in [0.29, 0.717) is 24.7 Å². The molecule has 5 nitrogen and oxygen atoms in total. The molecule has 2 aliphatic rings. The van der Waals surface area contributed by atoms with E-state index in [1.54, 1.807) is 6.20 Å². The summed E-state index contributed by atoms with van der Waals surface area (Å²) in [6.07, 6.45) is 6.21. The van der Waals surface area contributed by atoms with Crippen LogP contribution in [0, 0.1) is 11.8 Å². The molecule has 3 heterocycles. The first-order valence-electron chi connectivity index (χ1n) is 10.2. The smallest absolute Gasteiger partial charge is 0.222 e. The van der Waals surface area contributed by atoms with Crippen molar-refractivity contribution in [2.45, 2.75) is 25.7 Å². The third kappa shape index (κ3) is 4.41. The van der Waals surface area contributed by atoms with Gasteiger partial charge in [0.2, 0.25) is 11.8 Å². The Balaban J connectivity index is 1.22. The highest BCUT2D eigenvalue weighted by molar-refractivity contribution is 5.78. The predicted octanol–water partition coefficient (Wildman–Crippen LogP) is 2.56. The van der Waals surface area contributed by atoms with Gasteiger partial charge in [0.1, 0.15) is 0 Å². The van der Waals surface area contributed by atoms with Crippen molar-refractivity contribution in [3.63, 3.8) is 0 Å². The number of aromatic nitrogens is 1. The van der Waals surface area contributed by atoms with Crippen LogP contribution in [0.2, 0.25) is 0 Å². The minimum Gasteiger partial charge on any atom is -0.342 e. The van der Waals surface area contributed by atoms with Crippen molar-refractivity contribution in [2.75, 3.05) is 26.2 Å². The summed E-state index contributed by atoms with van der Waals surface area (Å²) in [5.74, 6) is 1.33. The molecule has 2 fully saturated rings. The van der Waals surface area contributed by atoms with E-state index >= 15 is 0 Å². The first-order valence-corrected chi connectivity index (χ1v) is 10.2. The number of hydrogen-bond acceptors (Lipinski definition) is 3. The van der Waals surface area contributed by atoms with E-state index in [-0.39, 0.29) is 11.8 Å². The molecule has 146 valence electrons. The molecule has 2 amide bonds. The third-order valence-corrected chi connectivity index (χ3v) is 6.01. The lowest BCUT2D eigenvalue weighted by atomic mass is 10.0. The SMILES string of the molecule is O=C(CCc1ccccc1)N1C[C@@H]2CN(C(=O)CCc3cccnc3)C[C@@H]2C1. The zero-order valence-electron chi connectivity index (χ0n) is 16.2. The molecule has 0 unspecified atom stereocenters. The lowest BCUT2D eigenvalue weighted by Gasteiger charge is -2.22. The van der Waals surface area contributed by atoms with Crippen LogP contribution in [0.15, 0.2) is 54.9 Å². The van der Waals surface area contributed by atoms with E-state index in [4.69, 9.17) is 0 Å². The van der Waals surface area contributed by atoms with Gasteiger partial charge < -0.3 is 9.80 Å². The molecular formula is C23H27N3O2. The maximum absolute atomic E-state index is 12.6. The second kappa shape index (κ2) is 8.55. The molecule has 0 spiro atoms. The van der Waals surface area contributed by atoms with Gasteiger partial charge in [-0.15, -0.1) is 0 Å². The number of benzene rings is 1. The zero-order valence-corrected chi connectivity index (χ0v) is 16.2. The van der Waals surface area contributed by atoms with Crippen molar-refractivity contribution in [1.29, 1.82) is 0 Å². The predicted molar refractivity (Wildman–Crippen MR) is 107 cm³/mol. The van der Waals surface area contributed by atoms with Crippen LogP contribution in [-0.2, 0) is 22.4 Å². The number of hydrogen-bond donors (Lipinski definition) is 0. The van der Waals surface area contributed by atoms with Gasteiger partial charge in [-0.2, -0.15) is 0 Å². The Morgan fingerprint density at radius 1 is 0.786 bits per heavy atom. The zero-order chi connectivity index (χ0) is 19.3. The van der Waals surface area contributed by atoms with Crippen molar-refractivity contribution in [3.8, 4) is 0 Å². The Morgan fingerprint density at radius 3 is 1.86 bits per heavy atom. The molecule has 2 atom stereocenters. The molecule has 0 aliphatic carbocycles. The molecule has 0 N–H and O–H groups in total. The normalized spacial score (nSPS) is 21.0. The van der Waals surface area contributed by atoms with Gasteiger partial charge in [0.15, 0.2) is 0 Å². The molecule has 1 aromatic carbocycles. The molecule has 1 aromatic heterocycles. The van der Waals surface area contributed by atoms with Gasteiger partial charge in [-0.3, -0.25) is 14.6 Å². The molecule has 2 saturated heterocycles. The standard InChI is InChI=1S/C23H27N3O2/c27-22(10-8-18-5-2-1-3-6-18)25-14-20-16-26(17-21(20)15-25)23(28)11-9-19-7-4-12-24-13-19/h1-7,12-13,20-21H,8-11,14-17H2/t20-,21+. The van der Waals surface area contributed by atoms with Gasteiger partial charge in [0, 0.05) is 63.3 Å². The number of carbonyl (C=O) groups is 2. The van der Waals surface area contributed by atoms with Crippen LogP contribution in [0.3, 0.4) is 0 Å². The molecule has 28 heavy (non-hydrogen) atoms. The van der Waals surface area contributed by atoms with Crippen LogP contribution >= 0.6 is 0 Å². The van der Waals surface area contributed by atoms with E-state index in [0.717, 1.165) is 44.6 Å². The first kappa shape index (κ1) is 18.7. The van der Waals surface area contributed by atoms with Gasteiger partial charge in [0.05, 0.1) is 0 Å². The van der Waals surface area contributed by atoms with Crippen molar-refractivity contribution < 1.29 is 9.59 Å². The van der Waals surface area contributed by atoms with Crippen LogP contribution in [0.1, 0.15) is 24.0 Å². The third-order valence-electron chi connectivity index (χ3n) is 6.01. The van der Waals surface area contributed by atoms with Crippen molar-refractivity contribution in [2.24, 2.45) is 11.8 Å². The van der Waals surface area contributed by atoms with E-state index in [1.807, 2.05) is 46.3 Å². The van der Waals surface area contributed by atoms with E-state index < -0.39 is 0 Å². The highest BCUT2D eigenvalue weighted by atomic mass is 16.2. The van der Waals surface area contributed by atoms with E-state index in [1.165, 1.54) is 5.56 Å². The van der Waals surface area contributed by atoms with Gasteiger partial charge in [0.25, 0.3) is 0 Å². The Kier molecular flexibility index (Phi) is 5.70. The molecule has 2 aromatic rings. The summed E-state index contributed by atoms with van der Waals surface area (Å²) in [5, 5.41) is 0. The van der Waals surface area contributed by atoms with Gasteiger partial charge >= 0.3 is 0 Å². The summed E-state index contributed by atoms with van der Waals surface area (Å²) in [6, 6.07) is 14.1. The van der Waals surface area contributed by atoms with Crippen molar-refractivity contribution >= 4 is 11.8 Å². The summed E-state index contributed by atoms with van der Waals surface area (Å²) in [6.45, 7) is 3.17. The highest BCUT2D eigenvalue weighted by Gasteiger charge is 2.42. The lowest BCUT2D eigenvalue weighted by Crippen LogP contribution is -2.35. The lowest BCUT2D eigenvalue weighted by molar-refractivity contribution is -0.131. The minimum atomic E-state index is 0.222. The number of fused-ring (bicyclic) bond motifs is 1. The average Bonchev–Trinajstić information content (AvgIpc) is 3.31. The van der Waals surface area contributed by atoms with E-state index in [2.05, 4.69) is 17.1 Å². The van der Waals surface area contributed by atoms with E-state index in [9.17, 15) is 9.59 Å². The number of carbonyl (C=O) groups excluding carboxylic acids is 2. The average molecular weight is 377 g/mol. The van der Waals surface area contributed by atoms with Crippen molar-refractivity contribution in [1.82, 2.24) is 14.8 Å². The number of aryl methyl sites for hydroxylation is 2. The molecule has 5 heteroatoms. The number of likely N-dealkylation sites (tertiary alicyclic amines) is 2. The Labute approximate surface area is 166 Å². The Morgan fingerprint density at radius 2 is 1.32 bits per heavy atom. The number of nitrogens with zero attached hydrogens (tertiary/aromatic N) is 3. The summed E-state index contributed by atoms with van der Waals surface area (Å²) >= 11 is 0. The molecule has 0 saturated carbocycles. The largest absolute Gasteiger partial charge is 0.342 e. The number of amides is 2. The number of rotatable bonds is 6. The van der Waals surface area contributed by atoms with Crippen LogP contribution in [-0.4, -0.2) is 52.8 Å². The van der Waals surface area contributed by atoms with Gasteiger partial charge in [-0.1, -0.05) is 36.4 Å². The molecule has 0 radical (unpaired) electrons. The van der Waals surface area contributed by atoms with Crippen LogP contribution in [0.5, 0.6) is 0 Å². The topological polar surface area (TPSA) is 53.5 Å². The molecule has 0 bridgehead atoms. The maximum atomic E-state index is 12.6. The summed E-state index contributed by atoms with van der Waals surface area (Å²) in [7, 11) is 0.